The van der Waals surface area contributed by atoms with Gasteiger partial charge in [0.15, 0.2) is 0 Å². The smallest absolute Gasteiger partial charge is 0.298 e. The molecule has 4 rings (SSSR count). The number of nitrogens with zero attached hydrogens (tertiary/aromatic N) is 2. The predicted octanol–water partition coefficient (Wildman–Crippen LogP) is 4.73. The lowest BCUT2D eigenvalue weighted by atomic mass is 10.1. The number of anilines is 1. The van der Waals surface area contributed by atoms with Gasteiger partial charge in [0.1, 0.15) is 0 Å². The molecule has 124 valence electrons. The van der Waals surface area contributed by atoms with E-state index in [0.29, 0.717) is 10.6 Å². The van der Waals surface area contributed by atoms with Crippen LogP contribution in [0.4, 0.5) is 10.5 Å². The third-order valence-corrected chi connectivity index (χ3v) is 5.17. The largest absolute Gasteiger partial charge is 0.350 e. The maximum atomic E-state index is 12.8. The fraction of sp³-hybridized carbons (Fsp3) is 0.100. The Hall–Kier alpha value is -2.79. The molecular formula is C20H16N2O2S. The summed E-state index contributed by atoms with van der Waals surface area (Å²) < 4.78 is 2.02. The van der Waals surface area contributed by atoms with Crippen LogP contribution in [-0.2, 0) is 11.8 Å². The van der Waals surface area contributed by atoms with Crippen LogP contribution in [0.3, 0.4) is 0 Å². The zero-order valence-corrected chi connectivity index (χ0v) is 14.7. The molecule has 2 heterocycles. The molecule has 2 aromatic carbocycles. The predicted molar refractivity (Wildman–Crippen MR) is 103 cm³/mol. The maximum absolute atomic E-state index is 12.8. The fourth-order valence-corrected chi connectivity index (χ4v) is 3.85. The third-order valence-electron chi connectivity index (χ3n) is 4.30. The van der Waals surface area contributed by atoms with E-state index < -0.39 is 0 Å². The number of hydrogen-bond donors (Lipinski definition) is 0. The van der Waals surface area contributed by atoms with E-state index in [1.54, 1.807) is 18.2 Å². The topological polar surface area (TPSA) is 42.3 Å². The quantitative estimate of drug-likeness (QED) is 0.629. The third kappa shape index (κ3) is 2.66. The highest BCUT2D eigenvalue weighted by atomic mass is 32.2. The van der Waals surface area contributed by atoms with E-state index in [0.717, 1.165) is 33.8 Å². The minimum absolute atomic E-state index is 0.264. The second-order valence-electron chi connectivity index (χ2n) is 6.07. The van der Waals surface area contributed by atoms with E-state index in [4.69, 9.17) is 0 Å². The van der Waals surface area contributed by atoms with Crippen LogP contribution >= 0.6 is 11.8 Å². The molecule has 0 unspecified atom stereocenters. The molecule has 0 aliphatic carbocycles. The van der Waals surface area contributed by atoms with Gasteiger partial charge in [0.05, 0.1) is 10.6 Å². The van der Waals surface area contributed by atoms with Crippen LogP contribution in [0.15, 0.2) is 59.6 Å². The number of amides is 2. The number of rotatable bonds is 2. The number of benzene rings is 2. The minimum atomic E-state index is -0.271. The molecule has 1 aliphatic heterocycles. The summed E-state index contributed by atoms with van der Waals surface area (Å²) in [4.78, 5) is 26.8. The van der Waals surface area contributed by atoms with Crippen LogP contribution in [-0.4, -0.2) is 15.7 Å². The van der Waals surface area contributed by atoms with Crippen molar-refractivity contribution in [3.63, 3.8) is 0 Å². The van der Waals surface area contributed by atoms with Gasteiger partial charge in [0.2, 0.25) is 0 Å². The van der Waals surface area contributed by atoms with Gasteiger partial charge >= 0.3 is 0 Å². The molecule has 1 aliphatic rings. The van der Waals surface area contributed by atoms with Gasteiger partial charge in [0, 0.05) is 29.7 Å². The molecule has 0 atom stereocenters. The molecule has 25 heavy (non-hydrogen) atoms. The van der Waals surface area contributed by atoms with Gasteiger partial charge in [-0.2, -0.15) is 0 Å². The molecule has 3 aromatic rings. The Morgan fingerprint density at radius 1 is 1.00 bits per heavy atom. The van der Waals surface area contributed by atoms with Gasteiger partial charge in [-0.3, -0.25) is 9.59 Å². The van der Waals surface area contributed by atoms with Crippen LogP contribution in [0.25, 0.3) is 17.0 Å². The molecule has 0 spiro atoms. The first kappa shape index (κ1) is 15.7. The number of carbonyl (C=O) groups excluding carboxylic acids is 2. The molecule has 5 heteroatoms. The van der Waals surface area contributed by atoms with Crippen LogP contribution < -0.4 is 4.90 Å². The number of thioether (sulfide) groups is 1. The van der Waals surface area contributed by atoms with Gasteiger partial charge in [-0.05, 0) is 43.0 Å². The summed E-state index contributed by atoms with van der Waals surface area (Å²) in [7, 11) is 1.97. The molecule has 0 N–H and O–H groups in total. The number of carbonyl (C=O) groups is 2. The Kier molecular flexibility index (Phi) is 3.73. The first-order valence-electron chi connectivity index (χ1n) is 7.93. The van der Waals surface area contributed by atoms with E-state index in [9.17, 15) is 9.59 Å². The van der Waals surface area contributed by atoms with Gasteiger partial charge in [-0.25, -0.2) is 4.90 Å². The molecule has 1 saturated heterocycles. The zero-order chi connectivity index (χ0) is 17.6. The highest BCUT2D eigenvalue weighted by molar-refractivity contribution is 8.19. The van der Waals surface area contributed by atoms with Crippen molar-refractivity contribution < 1.29 is 9.59 Å². The maximum Gasteiger partial charge on any atom is 0.298 e. The lowest BCUT2D eigenvalue weighted by Gasteiger charge is -2.12. The first-order valence-corrected chi connectivity index (χ1v) is 8.75. The molecule has 0 saturated carbocycles. The second-order valence-corrected chi connectivity index (χ2v) is 7.06. The van der Waals surface area contributed by atoms with E-state index in [-0.39, 0.29) is 11.1 Å². The summed E-state index contributed by atoms with van der Waals surface area (Å²) in [5, 5.41) is 0.799. The van der Waals surface area contributed by atoms with Crippen molar-refractivity contribution in [3.05, 3.63) is 70.8 Å². The van der Waals surface area contributed by atoms with Gasteiger partial charge < -0.3 is 4.57 Å². The Morgan fingerprint density at radius 3 is 2.48 bits per heavy atom. The number of imide groups is 1. The number of fused-ring (bicyclic) bond motifs is 1. The molecule has 1 fully saturated rings. The zero-order valence-electron chi connectivity index (χ0n) is 13.9. The minimum Gasteiger partial charge on any atom is -0.350 e. The van der Waals surface area contributed by atoms with Crippen LogP contribution in [0.2, 0.25) is 0 Å². The standard InChI is InChI=1S/C20H16N2O2S/c1-13-7-9-15(10-8-13)22-19(23)18(25-20(22)24)11-14-12-21(2)17-6-4-3-5-16(14)17/h3-12H,1-2H3/b18-11-. The Balaban J connectivity index is 1.74. The Bertz CT molecular complexity index is 1030. The number of aryl methyl sites for hydroxylation is 2. The lowest BCUT2D eigenvalue weighted by molar-refractivity contribution is -0.113. The summed E-state index contributed by atoms with van der Waals surface area (Å²) in [6.07, 6.45) is 3.78. The van der Waals surface area contributed by atoms with Crippen LogP contribution in [0.5, 0.6) is 0 Å². The second kappa shape index (κ2) is 5.93. The summed E-state index contributed by atoms with van der Waals surface area (Å²) >= 11 is 0.983. The average Bonchev–Trinajstić information content (AvgIpc) is 3.06. The number of hydrogen-bond acceptors (Lipinski definition) is 3. The number of aromatic nitrogens is 1. The number of para-hydroxylation sites is 1. The SMILES string of the molecule is Cc1ccc(N2C(=O)S/C(=C\c3cn(C)c4ccccc34)C2=O)cc1. The van der Waals surface area contributed by atoms with Crippen molar-refractivity contribution in [2.24, 2.45) is 7.05 Å². The van der Waals surface area contributed by atoms with Gasteiger partial charge in [0.25, 0.3) is 11.1 Å². The normalized spacial score (nSPS) is 16.4. The van der Waals surface area contributed by atoms with Crippen molar-refractivity contribution in [2.45, 2.75) is 6.92 Å². The Morgan fingerprint density at radius 2 is 1.72 bits per heavy atom. The highest BCUT2D eigenvalue weighted by Crippen LogP contribution is 2.36. The van der Waals surface area contributed by atoms with E-state index in [1.165, 1.54) is 4.90 Å². The summed E-state index contributed by atoms with van der Waals surface area (Å²) in [6, 6.07) is 15.4. The molecular weight excluding hydrogens is 332 g/mol. The fourth-order valence-electron chi connectivity index (χ4n) is 3.01. The monoisotopic (exact) mass is 348 g/mol. The molecule has 1 aromatic heterocycles. The van der Waals surface area contributed by atoms with Crippen molar-refractivity contribution in [2.75, 3.05) is 4.90 Å². The van der Waals surface area contributed by atoms with E-state index in [2.05, 4.69) is 0 Å². The first-order chi connectivity index (χ1) is 12.0. The van der Waals surface area contributed by atoms with Crippen molar-refractivity contribution in [1.29, 1.82) is 0 Å². The van der Waals surface area contributed by atoms with Crippen molar-refractivity contribution in [1.82, 2.24) is 4.57 Å². The summed E-state index contributed by atoms with van der Waals surface area (Å²) in [5.74, 6) is -0.271. The summed E-state index contributed by atoms with van der Waals surface area (Å²) in [6.45, 7) is 1.97. The van der Waals surface area contributed by atoms with Crippen LogP contribution in [0, 0.1) is 6.92 Å². The van der Waals surface area contributed by atoms with Gasteiger partial charge in [-0.1, -0.05) is 35.9 Å². The molecule has 2 amide bonds. The van der Waals surface area contributed by atoms with Crippen LogP contribution in [0.1, 0.15) is 11.1 Å². The molecule has 0 bridgehead atoms. The molecule has 0 radical (unpaired) electrons. The molecule has 4 nitrogen and oxygen atoms in total. The Labute approximate surface area is 149 Å². The van der Waals surface area contributed by atoms with E-state index in [1.807, 2.05) is 61.1 Å². The van der Waals surface area contributed by atoms with E-state index >= 15 is 0 Å². The van der Waals surface area contributed by atoms with Gasteiger partial charge in [-0.15, -0.1) is 0 Å². The van der Waals surface area contributed by atoms with Crippen molar-refractivity contribution in [3.8, 4) is 0 Å². The van der Waals surface area contributed by atoms with Crippen molar-refractivity contribution >= 4 is 45.6 Å². The lowest BCUT2D eigenvalue weighted by Crippen LogP contribution is -2.27. The average molecular weight is 348 g/mol. The highest BCUT2D eigenvalue weighted by Gasteiger charge is 2.36. The summed E-state index contributed by atoms with van der Waals surface area (Å²) in [5.41, 5.74) is 3.72.